The SMILES string of the molecule is Cc1ccc2c(c1)N(Cc1ccc(Cl)cc1Cl)C(=O)C(C)O2. The zero-order chi connectivity index (χ0) is 15.9. The molecular formula is C17H15Cl2NO2. The van der Waals surface area contributed by atoms with Gasteiger partial charge in [-0.3, -0.25) is 4.79 Å². The highest BCUT2D eigenvalue weighted by Gasteiger charge is 2.31. The zero-order valence-electron chi connectivity index (χ0n) is 12.3. The molecule has 0 spiro atoms. The van der Waals surface area contributed by atoms with E-state index in [1.807, 2.05) is 31.2 Å². The van der Waals surface area contributed by atoms with Gasteiger partial charge in [-0.05, 0) is 49.2 Å². The molecule has 0 bridgehead atoms. The summed E-state index contributed by atoms with van der Waals surface area (Å²) >= 11 is 12.2. The molecule has 0 N–H and O–H groups in total. The van der Waals surface area contributed by atoms with Crippen LogP contribution < -0.4 is 9.64 Å². The molecule has 0 fully saturated rings. The number of nitrogens with zero attached hydrogens (tertiary/aromatic N) is 1. The normalized spacial score (nSPS) is 17.2. The van der Waals surface area contributed by atoms with Gasteiger partial charge in [0.25, 0.3) is 5.91 Å². The van der Waals surface area contributed by atoms with Crippen LogP contribution in [0.15, 0.2) is 36.4 Å². The van der Waals surface area contributed by atoms with Crippen LogP contribution in [0, 0.1) is 6.92 Å². The number of carbonyl (C=O) groups is 1. The highest BCUT2D eigenvalue weighted by Crippen LogP contribution is 2.36. The van der Waals surface area contributed by atoms with E-state index >= 15 is 0 Å². The Hall–Kier alpha value is -1.71. The highest BCUT2D eigenvalue weighted by molar-refractivity contribution is 6.35. The lowest BCUT2D eigenvalue weighted by Gasteiger charge is -2.33. The molecule has 1 unspecified atom stereocenters. The lowest BCUT2D eigenvalue weighted by molar-refractivity contribution is -0.125. The minimum atomic E-state index is -0.513. The van der Waals surface area contributed by atoms with Gasteiger partial charge in [-0.1, -0.05) is 35.3 Å². The summed E-state index contributed by atoms with van der Waals surface area (Å²) in [5.41, 5.74) is 2.69. The summed E-state index contributed by atoms with van der Waals surface area (Å²) in [6.45, 7) is 4.12. The number of ether oxygens (including phenoxy) is 1. The molecule has 1 amide bonds. The second-order valence-corrected chi connectivity index (χ2v) is 6.24. The quantitative estimate of drug-likeness (QED) is 0.801. The Balaban J connectivity index is 2.01. The summed E-state index contributed by atoms with van der Waals surface area (Å²) < 4.78 is 5.67. The van der Waals surface area contributed by atoms with Crippen molar-refractivity contribution in [2.45, 2.75) is 26.5 Å². The van der Waals surface area contributed by atoms with Crippen LogP contribution >= 0.6 is 23.2 Å². The molecule has 0 aliphatic carbocycles. The van der Waals surface area contributed by atoms with Crippen molar-refractivity contribution in [1.29, 1.82) is 0 Å². The van der Waals surface area contributed by atoms with Crippen molar-refractivity contribution in [3.8, 4) is 5.75 Å². The molecule has 2 aromatic carbocycles. The van der Waals surface area contributed by atoms with E-state index in [0.29, 0.717) is 22.3 Å². The summed E-state index contributed by atoms with van der Waals surface area (Å²) in [4.78, 5) is 14.2. The van der Waals surface area contributed by atoms with Gasteiger partial charge in [0.15, 0.2) is 6.10 Å². The molecule has 1 atom stereocenters. The van der Waals surface area contributed by atoms with Crippen molar-refractivity contribution in [2.24, 2.45) is 0 Å². The molecule has 0 saturated heterocycles. The van der Waals surface area contributed by atoms with E-state index in [9.17, 15) is 4.79 Å². The smallest absolute Gasteiger partial charge is 0.268 e. The molecule has 1 aliphatic rings. The number of halogens is 2. The van der Waals surface area contributed by atoms with Crippen molar-refractivity contribution >= 4 is 34.8 Å². The number of hydrogen-bond acceptors (Lipinski definition) is 2. The Bertz CT molecular complexity index is 745. The second-order valence-electron chi connectivity index (χ2n) is 5.39. The maximum atomic E-state index is 12.5. The van der Waals surface area contributed by atoms with Crippen molar-refractivity contribution in [3.63, 3.8) is 0 Å². The minimum Gasteiger partial charge on any atom is -0.479 e. The summed E-state index contributed by atoms with van der Waals surface area (Å²) in [7, 11) is 0. The van der Waals surface area contributed by atoms with Gasteiger partial charge >= 0.3 is 0 Å². The lowest BCUT2D eigenvalue weighted by atomic mass is 10.1. The maximum Gasteiger partial charge on any atom is 0.268 e. The topological polar surface area (TPSA) is 29.5 Å². The molecule has 3 rings (SSSR count). The van der Waals surface area contributed by atoms with Crippen LogP contribution in [0.25, 0.3) is 0 Å². The summed E-state index contributed by atoms with van der Waals surface area (Å²) in [6.07, 6.45) is -0.513. The van der Waals surface area contributed by atoms with Crippen molar-refractivity contribution in [2.75, 3.05) is 4.90 Å². The average molecular weight is 336 g/mol. The van der Waals surface area contributed by atoms with Gasteiger partial charge in [-0.15, -0.1) is 0 Å². The van der Waals surface area contributed by atoms with E-state index in [4.69, 9.17) is 27.9 Å². The van der Waals surface area contributed by atoms with Crippen LogP contribution in [0.3, 0.4) is 0 Å². The Morgan fingerprint density at radius 3 is 2.68 bits per heavy atom. The third kappa shape index (κ3) is 2.79. The van der Waals surface area contributed by atoms with Gasteiger partial charge in [0.1, 0.15) is 5.75 Å². The number of rotatable bonds is 2. The first-order valence-electron chi connectivity index (χ1n) is 6.98. The van der Waals surface area contributed by atoms with Crippen molar-refractivity contribution in [3.05, 3.63) is 57.6 Å². The summed E-state index contributed by atoms with van der Waals surface area (Å²) in [5, 5.41) is 1.13. The number of fused-ring (bicyclic) bond motifs is 1. The molecule has 1 aliphatic heterocycles. The predicted molar refractivity (Wildman–Crippen MR) is 88.9 cm³/mol. The minimum absolute atomic E-state index is 0.0795. The van der Waals surface area contributed by atoms with Gasteiger partial charge in [-0.2, -0.15) is 0 Å². The van der Waals surface area contributed by atoms with Crippen LogP contribution in [0.4, 0.5) is 5.69 Å². The standard InChI is InChI=1S/C17H15Cl2NO2/c1-10-3-6-16-15(7-10)20(17(21)11(2)22-16)9-12-4-5-13(18)8-14(12)19/h3-8,11H,9H2,1-2H3. The molecular weight excluding hydrogens is 321 g/mol. The molecule has 1 heterocycles. The number of aryl methyl sites for hydroxylation is 1. The molecule has 22 heavy (non-hydrogen) atoms. The Labute approximate surface area is 139 Å². The monoisotopic (exact) mass is 335 g/mol. The van der Waals surface area contributed by atoms with E-state index in [1.54, 1.807) is 24.0 Å². The van der Waals surface area contributed by atoms with Crippen LogP contribution in [-0.4, -0.2) is 12.0 Å². The lowest BCUT2D eigenvalue weighted by Crippen LogP contribution is -2.44. The fourth-order valence-electron chi connectivity index (χ4n) is 2.50. The highest BCUT2D eigenvalue weighted by atomic mass is 35.5. The number of carbonyl (C=O) groups excluding carboxylic acids is 1. The zero-order valence-corrected chi connectivity index (χ0v) is 13.8. The van der Waals surface area contributed by atoms with Crippen LogP contribution in [0.1, 0.15) is 18.1 Å². The fourth-order valence-corrected chi connectivity index (χ4v) is 2.97. The third-order valence-electron chi connectivity index (χ3n) is 3.67. The van der Waals surface area contributed by atoms with E-state index in [0.717, 1.165) is 16.8 Å². The van der Waals surface area contributed by atoms with Gasteiger partial charge in [0.05, 0.1) is 12.2 Å². The molecule has 0 radical (unpaired) electrons. The molecule has 3 nitrogen and oxygen atoms in total. The van der Waals surface area contributed by atoms with E-state index in [-0.39, 0.29) is 5.91 Å². The van der Waals surface area contributed by atoms with Gasteiger partial charge in [0.2, 0.25) is 0 Å². The predicted octanol–water partition coefficient (Wildman–Crippen LogP) is 4.62. The number of hydrogen-bond donors (Lipinski definition) is 0. The van der Waals surface area contributed by atoms with Crippen LogP contribution in [0.5, 0.6) is 5.75 Å². The summed E-state index contributed by atoms with van der Waals surface area (Å²) in [6, 6.07) is 11.1. The third-order valence-corrected chi connectivity index (χ3v) is 4.25. The first-order chi connectivity index (χ1) is 10.5. The van der Waals surface area contributed by atoms with Crippen LogP contribution in [0.2, 0.25) is 10.0 Å². The van der Waals surface area contributed by atoms with E-state index in [1.165, 1.54) is 0 Å². The Kier molecular flexibility index (Phi) is 4.02. The second kappa shape index (κ2) is 5.82. The first kappa shape index (κ1) is 15.2. The molecule has 0 aromatic heterocycles. The number of anilines is 1. The number of benzene rings is 2. The molecule has 114 valence electrons. The van der Waals surface area contributed by atoms with Gasteiger partial charge in [-0.25, -0.2) is 0 Å². The molecule has 5 heteroatoms. The van der Waals surface area contributed by atoms with Crippen molar-refractivity contribution < 1.29 is 9.53 Å². The largest absolute Gasteiger partial charge is 0.479 e. The van der Waals surface area contributed by atoms with Crippen LogP contribution in [-0.2, 0) is 11.3 Å². The Morgan fingerprint density at radius 2 is 1.95 bits per heavy atom. The number of amides is 1. The summed E-state index contributed by atoms with van der Waals surface area (Å²) in [5.74, 6) is 0.631. The molecule has 2 aromatic rings. The van der Waals surface area contributed by atoms with Gasteiger partial charge < -0.3 is 9.64 Å². The van der Waals surface area contributed by atoms with E-state index < -0.39 is 6.10 Å². The average Bonchev–Trinajstić information content (AvgIpc) is 2.47. The van der Waals surface area contributed by atoms with Crippen molar-refractivity contribution in [1.82, 2.24) is 0 Å². The Morgan fingerprint density at radius 1 is 1.18 bits per heavy atom. The fraction of sp³-hybridized carbons (Fsp3) is 0.235. The molecule has 0 saturated carbocycles. The maximum absolute atomic E-state index is 12.5. The van der Waals surface area contributed by atoms with E-state index in [2.05, 4.69) is 0 Å². The van der Waals surface area contributed by atoms with Gasteiger partial charge in [0, 0.05) is 10.0 Å². The first-order valence-corrected chi connectivity index (χ1v) is 7.74.